The summed E-state index contributed by atoms with van der Waals surface area (Å²) >= 11 is 0. The lowest BCUT2D eigenvalue weighted by atomic mass is 9.87. The Balaban J connectivity index is 1.48. The summed E-state index contributed by atoms with van der Waals surface area (Å²) in [5, 5.41) is 0.813. The number of ether oxygens (including phenoxy) is 1. The predicted octanol–water partition coefficient (Wildman–Crippen LogP) is 3.54. The van der Waals surface area contributed by atoms with Gasteiger partial charge in [0.15, 0.2) is 6.61 Å². The lowest BCUT2D eigenvalue weighted by molar-refractivity contribution is -0.134. The molecule has 132 valence electrons. The minimum Gasteiger partial charge on any atom is -0.467 e. The van der Waals surface area contributed by atoms with Crippen LogP contribution in [0.2, 0.25) is 0 Å². The van der Waals surface area contributed by atoms with E-state index in [0.29, 0.717) is 5.88 Å². The lowest BCUT2D eigenvalue weighted by Gasteiger charge is -2.33. The topological polar surface area (TPSA) is 55.3 Å². The fourth-order valence-electron chi connectivity index (χ4n) is 3.63. The van der Waals surface area contributed by atoms with Crippen LogP contribution in [-0.2, 0) is 11.2 Å². The van der Waals surface area contributed by atoms with E-state index in [0.717, 1.165) is 30.2 Å². The van der Waals surface area contributed by atoms with Crippen LogP contribution < -0.4 is 4.74 Å². The summed E-state index contributed by atoms with van der Waals surface area (Å²) in [4.78, 5) is 22.9. The van der Waals surface area contributed by atoms with Gasteiger partial charge in [0.2, 0.25) is 5.88 Å². The average molecular weight is 347 g/mol. The zero-order valence-electron chi connectivity index (χ0n) is 14.8. The maximum atomic E-state index is 12.7. The van der Waals surface area contributed by atoms with Crippen molar-refractivity contribution >= 4 is 16.8 Å². The van der Waals surface area contributed by atoms with E-state index in [1.807, 2.05) is 37.4 Å². The van der Waals surface area contributed by atoms with Crippen LogP contribution in [0.5, 0.6) is 5.88 Å². The molecule has 0 bridgehead atoms. The quantitative estimate of drug-likeness (QED) is 0.724. The monoisotopic (exact) mass is 347 g/mol. The largest absolute Gasteiger partial charge is 0.467 e. The van der Waals surface area contributed by atoms with Gasteiger partial charge in [0, 0.05) is 7.05 Å². The standard InChI is InChI=1S/C21H21N3O2/c1-24(19-12-6-8-15-7-2-3-9-16(15)19)20(25)13-26-21-17-10-4-5-11-18(17)22-14-23-21/h2-5,7,9-11,14,19H,6,8,12-13H2,1H3. The molecule has 1 aromatic heterocycles. The Morgan fingerprint density at radius 1 is 1.15 bits per heavy atom. The molecule has 1 unspecified atom stereocenters. The van der Waals surface area contributed by atoms with Gasteiger partial charge in [0.1, 0.15) is 6.33 Å². The number of benzene rings is 2. The highest BCUT2D eigenvalue weighted by Gasteiger charge is 2.26. The second-order valence-corrected chi connectivity index (χ2v) is 6.60. The maximum absolute atomic E-state index is 12.7. The van der Waals surface area contributed by atoms with E-state index in [2.05, 4.69) is 28.2 Å². The molecular formula is C21H21N3O2. The van der Waals surface area contributed by atoms with Crippen molar-refractivity contribution in [2.75, 3.05) is 13.7 Å². The molecule has 0 N–H and O–H groups in total. The fourth-order valence-corrected chi connectivity index (χ4v) is 3.63. The van der Waals surface area contributed by atoms with Crippen LogP contribution >= 0.6 is 0 Å². The van der Waals surface area contributed by atoms with Gasteiger partial charge in [0.25, 0.3) is 5.91 Å². The zero-order valence-corrected chi connectivity index (χ0v) is 14.8. The number of amides is 1. The Bertz CT molecular complexity index is 936. The molecule has 1 aliphatic rings. The number of carbonyl (C=O) groups is 1. The van der Waals surface area contributed by atoms with Crippen molar-refractivity contribution < 1.29 is 9.53 Å². The van der Waals surface area contributed by atoms with E-state index < -0.39 is 0 Å². The number of para-hydroxylation sites is 1. The van der Waals surface area contributed by atoms with Gasteiger partial charge in [0.05, 0.1) is 16.9 Å². The summed E-state index contributed by atoms with van der Waals surface area (Å²) in [6, 6.07) is 16.1. The van der Waals surface area contributed by atoms with E-state index >= 15 is 0 Å². The van der Waals surface area contributed by atoms with Gasteiger partial charge in [-0.1, -0.05) is 36.4 Å². The minimum absolute atomic E-state index is 0.0316. The molecule has 0 spiro atoms. The predicted molar refractivity (Wildman–Crippen MR) is 99.9 cm³/mol. The third-order valence-electron chi connectivity index (χ3n) is 5.04. The van der Waals surface area contributed by atoms with Gasteiger partial charge in [-0.05, 0) is 42.5 Å². The number of nitrogens with zero attached hydrogens (tertiary/aromatic N) is 3. The smallest absolute Gasteiger partial charge is 0.260 e. The van der Waals surface area contributed by atoms with Gasteiger partial charge in [-0.2, -0.15) is 0 Å². The number of hydrogen-bond acceptors (Lipinski definition) is 4. The van der Waals surface area contributed by atoms with Crippen molar-refractivity contribution in [2.24, 2.45) is 0 Å². The summed E-state index contributed by atoms with van der Waals surface area (Å²) in [5.74, 6) is 0.399. The van der Waals surface area contributed by atoms with E-state index in [-0.39, 0.29) is 18.6 Å². The van der Waals surface area contributed by atoms with E-state index in [4.69, 9.17) is 4.74 Å². The maximum Gasteiger partial charge on any atom is 0.260 e. The van der Waals surface area contributed by atoms with Gasteiger partial charge in [-0.15, -0.1) is 0 Å². The summed E-state index contributed by atoms with van der Waals surface area (Å²) in [7, 11) is 1.86. The molecule has 0 fully saturated rings. The SMILES string of the molecule is CN(C(=O)COc1ncnc2ccccc12)C1CCCc2ccccc21. The zero-order chi connectivity index (χ0) is 17.9. The van der Waals surface area contributed by atoms with Gasteiger partial charge < -0.3 is 9.64 Å². The average Bonchev–Trinajstić information content (AvgIpc) is 2.71. The van der Waals surface area contributed by atoms with Crippen molar-refractivity contribution in [2.45, 2.75) is 25.3 Å². The number of carbonyl (C=O) groups excluding carboxylic acids is 1. The van der Waals surface area contributed by atoms with Crippen LogP contribution in [0.4, 0.5) is 0 Å². The molecule has 1 aliphatic carbocycles. The highest BCUT2D eigenvalue weighted by Crippen LogP contribution is 2.33. The van der Waals surface area contributed by atoms with Gasteiger partial charge in [-0.25, -0.2) is 9.97 Å². The molecule has 1 atom stereocenters. The highest BCUT2D eigenvalue weighted by atomic mass is 16.5. The lowest BCUT2D eigenvalue weighted by Crippen LogP contribution is -2.36. The van der Waals surface area contributed by atoms with Gasteiger partial charge in [-0.3, -0.25) is 4.79 Å². The number of aromatic nitrogens is 2. The normalized spacial score (nSPS) is 16.1. The first-order chi connectivity index (χ1) is 12.7. The molecule has 0 aliphatic heterocycles. The Hall–Kier alpha value is -2.95. The summed E-state index contributed by atoms with van der Waals surface area (Å²) in [6.45, 7) is -0.0316. The molecule has 0 saturated carbocycles. The van der Waals surface area contributed by atoms with Crippen molar-refractivity contribution in [1.29, 1.82) is 0 Å². The molecular weight excluding hydrogens is 326 g/mol. The third-order valence-corrected chi connectivity index (χ3v) is 5.04. The van der Waals surface area contributed by atoms with E-state index in [1.54, 1.807) is 4.90 Å². The van der Waals surface area contributed by atoms with Crippen molar-refractivity contribution in [3.8, 4) is 5.88 Å². The van der Waals surface area contributed by atoms with E-state index in [9.17, 15) is 4.79 Å². The Labute approximate surface area is 152 Å². The molecule has 1 heterocycles. The van der Waals surface area contributed by atoms with Crippen molar-refractivity contribution in [3.63, 3.8) is 0 Å². The molecule has 4 rings (SSSR count). The second-order valence-electron chi connectivity index (χ2n) is 6.60. The van der Waals surface area contributed by atoms with Gasteiger partial charge >= 0.3 is 0 Å². The van der Waals surface area contributed by atoms with Crippen LogP contribution in [0.1, 0.15) is 30.0 Å². The molecule has 2 aromatic carbocycles. The number of fused-ring (bicyclic) bond motifs is 2. The molecule has 0 radical (unpaired) electrons. The number of rotatable bonds is 4. The van der Waals surface area contributed by atoms with Crippen LogP contribution in [0.15, 0.2) is 54.9 Å². The number of hydrogen-bond donors (Lipinski definition) is 0. The van der Waals surface area contributed by atoms with Crippen molar-refractivity contribution in [3.05, 3.63) is 66.0 Å². The van der Waals surface area contributed by atoms with Crippen LogP contribution in [0.25, 0.3) is 10.9 Å². The first kappa shape index (κ1) is 16.5. The molecule has 5 nitrogen and oxygen atoms in total. The Kier molecular flexibility index (Phi) is 4.52. The van der Waals surface area contributed by atoms with E-state index in [1.165, 1.54) is 17.5 Å². The van der Waals surface area contributed by atoms with Crippen LogP contribution in [0.3, 0.4) is 0 Å². The molecule has 1 amide bonds. The summed E-state index contributed by atoms with van der Waals surface area (Å²) < 4.78 is 5.74. The van der Waals surface area contributed by atoms with Crippen LogP contribution in [0, 0.1) is 0 Å². The molecule has 0 saturated heterocycles. The Morgan fingerprint density at radius 2 is 1.96 bits per heavy atom. The first-order valence-electron chi connectivity index (χ1n) is 8.90. The summed E-state index contributed by atoms with van der Waals surface area (Å²) in [5.41, 5.74) is 3.40. The number of aryl methyl sites for hydroxylation is 1. The molecule has 26 heavy (non-hydrogen) atoms. The Morgan fingerprint density at radius 3 is 2.88 bits per heavy atom. The second kappa shape index (κ2) is 7.12. The highest BCUT2D eigenvalue weighted by molar-refractivity contribution is 5.84. The van der Waals surface area contributed by atoms with Crippen LogP contribution in [-0.4, -0.2) is 34.4 Å². The third kappa shape index (κ3) is 3.12. The molecule has 5 heteroatoms. The first-order valence-corrected chi connectivity index (χ1v) is 8.90. The fraction of sp³-hybridized carbons (Fsp3) is 0.286. The molecule has 3 aromatic rings. The van der Waals surface area contributed by atoms with Crippen molar-refractivity contribution in [1.82, 2.24) is 14.9 Å². The summed E-state index contributed by atoms with van der Waals surface area (Å²) in [6.07, 6.45) is 4.62. The number of likely N-dealkylation sites (N-methyl/N-ethyl adjacent to an activating group) is 1. The minimum atomic E-state index is -0.0469.